The van der Waals surface area contributed by atoms with Crippen LogP contribution in [0.3, 0.4) is 0 Å². The fourth-order valence-corrected chi connectivity index (χ4v) is 1.98. The van der Waals surface area contributed by atoms with Gasteiger partial charge in [0.15, 0.2) is 0 Å². The molecule has 0 spiro atoms. The Hall–Kier alpha value is 0.790. The van der Waals surface area contributed by atoms with Gasteiger partial charge >= 0.3 is 0 Å². The fraction of sp³-hybridized carbons (Fsp3) is 1.00. The molecular weight excluding hydrogens is 273 g/mol. The van der Waals surface area contributed by atoms with Gasteiger partial charge in [0, 0.05) is 14.8 Å². The van der Waals surface area contributed by atoms with Crippen LogP contribution in [0, 0.1) is 5.41 Å². The highest BCUT2D eigenvalue weighted by molar-refractivity contribution is 7.84. The molecule has 2 N–H and O–H groups in total. The zero-order valence-corrected chi connectivity index (χ0v) is 12.3. The van der Waals surface area contributed by atoms with Crippen LogP contribution in [-0.2, 0) is 13.6 Å². The molecule has 5 nitrogen and oxygen atoms in total. The molecule has 0 radical (unpaired) electrons. The molecule has 0 aliphatic carbocycles. The van der Waals surface area contributed by atoms with Gasteiger partial charge in [0.25, 0.3) is 6.72 Å². The number of rotatable bonds is 8. The third-order valence-corrected chi connectivity index (χ3v) is 3.43. The molecule has 0 fully saturated rings. The molecule has 0 aromatic rings. The van der Waals surface area contributed by atoms with E-state index in [0.717, 1.165) is 0 Å². The van der Waals surface area contributed by atoms with Crippen LogP contribution >= 0.6 is 26.1 Å². The van der Waals surface area contributed by atoms with E-state index in [1.807, 2.05) is 13.3 Å². The molecule has 0 aromatic heterocycles. The topological polar surface area (TPSA) is 76.0 Å². The largest absolute Gasteiger partial charge is 0.396 e. The van der Waals surface area contributed by atoms with E-state index < -0.39 is 20.3 Å². The molecule has 16 heavy (non-hydrogen) atoms. The summed E-state index contributed by atoms with van der Waals surface area (Å²) >= 11 is 5.45. The van der Waals surface area contributed by atoms with Crippen LogP contribution in [0.15, 0.2) is 0 Å². The first kappa shape index (κ1) is 16.8. The van der Waals surface area contributed by atoms with Gasteiger partial charge in [-0.05, 0) is 24.6 Å². The minimum atomic E-state index is -3.14. The van der Waals surface area contributed by atoms with Crippen LogP contribution in [0.2, 0.25) is 0 Å². The fourth-order valence-electron chi connectivity index (χ4n) is 0.793. The van der Waals surface area contributed by atoms with Crippen molar-refractivity contribution < 1.29 is 23.8 Å². The Bertz CT molecular complexity index is 239. The van der Waals surface area contributed by atoms with E-state index in [2.05, 4.69) is 0 Å². The lowest BCUT2D eigenvalue weighted by Crippen LogP contribution is -2.38. The van der Waals surface area contributed by atoms with E-state index in [4.69, 9.17) is 20.3 Å². The van der Waals surface area contributed by atoms with Crippen molar-refractivity contribution in [2.45, 2.75) is 0 Å². The van der Waals surface area contributed by atoms with Crippen LogP contribution in [0.25, 0.3) is 0 Å². The average Bonchev–Trinajstić information content (AvgIpc) is 2.18. The third-order valence-electron chi connectivity index (χ3n) is 1.90. The predicted octanol–water partition coefficient (Wildman–Crippen LogP) is 1.71. The summed E-state index contributed by atoms with van der Waals surface area (Å²) in [6, 6.07) is 0. The number of aliphatic hydroxyl groups excluding tert-OH is 2. The van der Waals surface area contributed by atoms with Crippen LogP contribution in [0.1, 0.15) is 0 Å². The van der Waals surface area contributed by atoms with E-state index in [1.165, 1.54) is 6.66 Å². The summed E-state index contributed by atoms with van der Waals surface area (Å²) in [5.41, 5.74) is -0.951. The van der Waals surface area contributed by atoms with E-state index in [9.17, 15) is 14.8 Å². The lowest BCUT2D eigenvalue weighted by atomic mass is 9.93. The summed E-state index contributed by atoms with van der Waals surface area (Å²) in [5.74, 6) is 0. The van der Waals surface area contributed by atoms with Crippen molar-refractivity contribution in [3.8, 4) is 0 Å². The number of hydrogen-bond acceptors (Lipinski definition) is 5. The minimum absolute atomic E-state index is 0.0968. The molecule has 0 saturated heterocycles. The van der Waals surface area contributed by atoms with Crippen molar-refractivity contribution in [1.82, 2.24) is 0 Å². The van der Waals surface area contributed by atoms with Gasteiger partial charge in [-0.2, -0.15) is 0 Å². The molecular formula is C8H19ClO5P2. The van der Waals surface area contributed by atoms with Gasteiger partial charge in [-0.25, -0.2) is 0 Å². The van der Waals surface area contributed by atoms with E-state index in [-0.39, 0.29) is 26.4 Å². The molecule has 8 heteroatoms. The monoisotopic (exact) mass is 292 g/mol. The molecule has 1 atom stereocenters. The van der Waals surface area contributed by atoms with Crippen LogP contribution < -0.4 is 0 Å². The van der Waals surface area contributed by atoms with Gasteiger partial charge in [0.2, 0.25) is 0 Å². The Kier molecular flexibility index (Phi) is 7.63. The van der Waals surface area contributed by atoms with Crippen molar-refractivity contribution in [3.05, 3.63) is 0 Å². The highest BCUT2D eigenvalue weighted by Gasteiger charge is 2.32. The first-order valence-corrected chi connectivity index (χ1v) is 9.81. The summed E-state index contributed by atoms with van der Waals surface area (Å²) in [6.45, 7) is 1.36. The second-order valence-corrected chi connectivity index (χ2v) is 9.40. The summed E-state index contributed by atoms with van der Waals surface area (Å²) in [7, 11) is -0.595. The zero-order valence-electron chi connectivity index (χ0n) is 9.72. The van der Waals surface area contributed by atoms with Crippen molar-refractivity contribution in [2.24, 2.45) is 5.41 Å². The molecule has 1 unspecified atom stereocenters. The van der Waals surface area contributed by atoms with E-state index >= 15 is 0 Å². The minimum Gasteiger partial charge on any atom is -0.396 e. The van der Waals surface area contributed by atoms with Gasteiger partial charge in [-0.15, -0.1) is 0 Å². The van der Waals surface area contributed by atoms with Crippen molar-refractivity contribution in [1.29, 1.82) is 0 Å². The Morgan fingerprint density at radius 3 is 2.12 bits per heavy atom. The van der Waals surface area contributed by atoms with Crippen molar-refractivity contribution >= 4 is 26.1 Å². The Balaban J connectivity index is 4.37. The molecule has 0 aliphatic rings. The zero-order chi connectivity index (χ0) is 12.8. The van der Waals surface area contributed by atoms with Crippen molar-refractivity contribution in [3.63, 3.8) is 0 Å². The van der Waals surface area contributed by atoms with Gasteiger partial charge < -0.3 is 19.3 Å². The van der Waals surface area contributed by atoms with E-state index in [0.29, 0.717) is 0 Å². The predicted molar refractivity (Wildman–Crippen MR) is 66.7 cm³/mol. The molecule has 0 heterocycles. The molecule has 0 aliphatic heterocycles. The summed E-state index contributed by atoms with van der Waals surface area (Å²) in [6.07, 6.45) is 0. The smallest absolute Gasteiger partial charge is 0.287 e. The van der Waals surface area contributed by atoms with Gasteiger partial charge in [0.1, 0.15) is 0 Å². The quantitative estimate of drug-likeness (QED) is 0.666. The summed E-state index contributed by atoms with van der Waals surface area (Å²) in [5, 5.41) is 18.5. The first-order valence-electron chi connectivity index (χ1n) is 4.68. The Morgan fingerprint density at radius 1 is 1.31 bits per heavy atom. The molecule has 0 amide bonds. The lowest BCUT2D eigenvalue weighted by molar-refractivity contribution is -0.0140. The summed E-state index contributed by atoms with van der Waals surface area (Å²) in [4.78, 5) is 0. The number of aliphatic hydroxyl groups is 2. The standard InChI is InChI=1S/C8H19ClO5P2/c1-15(2)13-6-8(4-10,5-11)7-14-16(3,9)12/h10-11H,4-7H2,1-3H3. The van der Waals surface area contributed by atoms with Crippen LogP contribution in [0.4, 0.5) is 0 Å². The Morgan fingerprint density at radius 2 is 1.81 bits per heavy atom. The SMILES string of the molecule is CP(C)OCC(CO)(CO)COP(C)(=O)Cl. The average molecular weight is 293 g/mol. The molecule has 0 rings (SSSR count). The molecule has 0 saturated carbocycles. The first-order chi connectivity index (χ1) is 7.24. The maximum atomic E-state index is 11.2. The molecule has 98 valence electrons. The number of halogens is 1. The maximum absolute atomic E-state index is 11.2. The maximum Gasteiger partial charge on any atom is 0.287 e. The normalized spacial score (nSPS) is 16.4. The summed E-state index contributed by atoms with van der Waals surface area (Å²) < 4.78 is 21.5. The highest BCUT2D eigenvalue weighted by atomic mass is 35.7. The second kappa shape index (κ2) is 7.27. The number of hydrogen-bond donors (Lipinski definition) is 2. The molecule has 0 bridgehead atoms. The second-order valence-electron chi connectivity index (χ2n) is 3.92. The van der Waals surface area contributed by atoms with E-state index in [1.54, 1.807) is 0 Å². The van der Waals surface area contributed by atoms with Crippen molar-refractivity contribution in [2.75, 3.05) is 46.4 Å². The highest BCUT2D eigenvalue weighted by Crippen LogP contribution is 2.49. The lowest BCUT2D eigenvalue weighted by Gasteiger charge is -2.30. The van der Waals surface area contributed by atoms with Crippen LogP contribution in [-0.4, -0.2) is 56.6 Å². The van der Waals surface area contributed by atoms with Crippen LogP contribution in [0.5, 0.6) is 0 Å². The Labute approximate surface area is 102 Å². The molecule has 0 aromatic carbocycles. The van der Waals surface area contributed by atoms with Gasteiger partial charge in [0.05, 0.1) is 31.8 Å². The third kappa shape index (κ3) is 7.18. The van der Waals surface area contributed by atoms with Gasteiger partial charge in [-0.3, -0.25) is 4.57 Å². The van der Waals surface area contributed by atoms with Gasteiger partial charge in [-0.1, -0.05) is 0 Å².